The first-order chi connectivity index (χ1) is 9.74. The number of carbonyl (C=O) groups excluding carboxylic acids is 1. The molecular weight excluding hydrogens is 252 g/mol. The van der Waals surface area contributed by atoms with Gasteiger partial charge in [-0.1, -0.05) is 12.5 Å². The Labute approximate surface area is 119 Å². The lowest BCUT2D eigenvalue weighted by Gasteiger charge is -2.20. The van der Waals surface area contributed by atoms with Crippen LogP contribution in [-0.2, 0) is 11.3 Å². The highest BCUT2D eigenvalue weighted by atomic mass is 16.5. The molecule has 1 aromatic rings. The Kier molecular flexibility index (Phi) is 3.90. The quantitative estimate of drug-likeness (QED) is 0.897. The normalized spacial score (nSPS) is 27.6. The topological polar surface area (TPSA) is 51.2 Å². The van der Waals surface area contributed by atoms with E-state index in [4.69, 9.17) is 4.74 Å². The van der Waals surface area contributed by atoms with Gasteiger partial charge in [-0.3, -0.25) is 4.79 Å². The monoisotopic (exact) mass is 274 g/mol. The second-order valence-corrected chi connectivity index (χ2v) is 6.12. The highest BCUT2D eigenvalue weighted by Gasteiger charge is 2.39. The van der Waals surface area contributed by atoms with Crippen LogP contribution in [-0.4, -0.2) is 18.0 Å². The summed E-state index contributed by atoms with van der Waals surface area (Å²) < 4.78 is 5.01. The molecule has 1 amide bonds. The van der Waals surface area contributed by atoms with E-state index in [0.717, 1.165) is 17.4 Å². The maximum Gasteiger partial charge on any atom is 0.220 e. The molecule has 3 unspecified atom stereocenters. The van der Waals surface area contributed by atoms with Gasteiger partial charge in [0, 0.05) is 25.2 Å². The van der Waals surface area contributed by atoms with Gasteiger partial charge in [0.15, 0.2) is 0 Å². The molecule has 2 saturated carbocycles. The third kappa shape index (κ3) is 2.94. The van der Waals surface area contributed by atoms with Gasteiger partial charge in [0.25, 0.3) is 0 Å². The molecule has 2 aliphatic rings. The van der Waals surface area contributed by atoms with Crippen LogP contribution in [0.25, 0.3) is 0 Å². The van der Waals surface area contributed by atoms with Crippen LogP contribution in [0.2, 0.25) is 0 Å². The summed E-state index contributed by atoms with van der Waals surface area (Å²) in [7, 11) is 1.60. The van der Waals surface area contributed by atoms with Crippen LogP contribution in [0.5, 0.6) is 5.88 Å². The van der Waals surface area contributed by atoms with Crippen molar-refractivity contribution in [2.75, 3.05) is 7.11 Å². The van der Waals surface area contributed by atoms with Gasteiger partial charge < -0.3 is 10.1 Å². The van der Waals surface area contributed by atoms with Crippen molar-refractivity contribution in [1.82, 2.24) is 10.3 Å². The number of aromatic nitrogens is 1. The fourth-order valence-corrected chi connectivity index (χ4v) is 3.77. The van der Waals surface area contributed by atoms with Crippen molar-refractivity contribution >= 4 is 5.91 Å². The van der Waals surface area contributed by atoms with E-state index < -0.39 is 0 Å². The van der Waals surface area contributed by atoms with Crippen LogP contribution in [0.1, 0.15) is 37.7 Å². The molecule has 0 aromatic carbocycles. The van der Waals surface area contributed by atoms with E-state index in [-0.39, 0.29) is 5.91 Å². The standard InChI is InChI=1S/C16H22N2O2/c1-20-16-5-3-12(10-18-16)9-17-15(19)8-14-7-11-2-4-13(14)6-11/h3,5,10-11,13-14H,2,4,6-9H2,1H3,(H,17,19). The predicted octanol–water partition coefficient (Wildman–Crippen LogP) is 2.53. The third-order valence-corrected chi connectivity index (χ3v) is 4.83. The minimum Gasteiger partial charge on any atom is -0.481 e. The van der Waals surface area contributed by atoms with Gasteiger partial charge in [0.2, 0.25) is 11.8 Å². The van der Waals surface area contributed by atoms with Crippen LogP contribution in [0.4, 0.5) is 0 Å². The Morgan fingerprint density at radius 3 is 2.90 bits per heavy atom. The smallest absolute Gasteiger partial charge is 0.220 e. The van der Waals surface area contributed by atoms with Crippen molar-refractivity contribution in [1.29, 1.82) is 0 Å². The molecule has 0 radical (unpaired) electrons. The molecule has 1 N–H and O–H groups in total. The largest absolute Gasteiger partial charge is 0.481 e. The molecule has 4 nitrogen and oxygen atoms in total. The van der Waals surface area contributed by atoms with Crippen LogP contribution < -0.4 is 10.1 Å². The number of hydrogen-bond acceptors (Lipinski definition) is 3. The molecule has 2 fully saturated rings. The minimum atomic E-state index is 0.179. The van der Waals surface area contributed by atoms with Crippen molar-refractivity contribution in [3.8, 4) is 5.88 Å². The molecule has 3 rings (SSSR count). The highest BCUT2D eigenvalue weighted by molar-refractivity contribution is 5.76. The van der Waals surface area contributed by atoms with Crippen molar-refractivity contribution < 1.29 is 9.53 Å². The number of amides is 1. The number of ether oxygens (including phenoxy) is 1. The summed E-state index contributed by atoms with van der Waals surface area (Å²) in [5.74, 6) is 3.13. The summed E-state index contributed by atoms with van der Waals surface area (Å²) in [6.45, 7) is 0.552. The second kappa shape index (κ2) is 5.81. The molecule has 20 heavy (non-hydrogen) atoms. The van der Waals surface area contributed by atoms with Crippen molar-refractivity contribution in [2.45, 2.75) is 38.6 Å². The molecule has 2 aliphatic carbocycles. The van der Waals surface area contributed by atoms with E-state index in [2.05, 4.69) is 10.3 Å². The summed E-state index contributed by atoms with van der Waals surface area (Å²) in [5, 5.41) is 3.00. The Hall–Kier alpha value is -1.58. The van der Waals surface area contributed by atoms with Crippen molar-refractivity contribution in [3.05, 3.63) is 23.9 Å². The van der Waals surface area contributed by atoms with Gasteiger partial charge in [-0.2, -0.15) is 0 Å². The third-order valence-electron chi connectivity index (χ3n) is 4.83. The van der Waals surface area contributed by atoms with Gasteiger partial charge in [-0.25, -0.2) is 4.98 Å². The summed E-state index contributed by atoms with van der Waals surface area (Å²) in [6.07, 6.45) is 7.80. The van der Waals surface area contributed by atoms with E-state index in [1.165, 1.54) is 25.7 Å². The molecular formula is C16H22N2O2. The summed E-state index contributed by atoms with van der Waals surface area (Å²) in [6, 6.07) is 3.75. The molecule has 0 saturated heterocycles. The number of hydrogen-bond donors (Lipinski definition) is 1. The second-order valence-electron chi connectivity index (χ2n) is 6.12. The Bertz CT molecular complexity index is 472. The van der Waals surface area contributed by atoms with E-state index in [0.29, 0.717) is 24.8 Å². The molecule has 0 aliphatic heterocycles. The van der Waals surface area contributed by atoms with Crippen molar-refractivity contribution in [3.63, 3.8) is 0 Å². The van der Waals surface area contributed by atoms with Crippen LogP contribution in [0.3, 0.4) is 0 Å². The average molecular weight is 274 g/mol. The van der Waals surface area contributed by atoms with Crippen LogP contribution >= 0.6 is 0 Å². The van der Waals surface area contributed by atoms with Gasteiger partial charge in [0.1, 0.15) is 0 Å². The van der Waals surface area contributed by atoms with Gasteiger partial charge in [0.05, 0.1) is 7.11 Å². The molecule has 4 heteroatoms. The first-order valence-corrected chi connectivity index (χ1v) is 7.50. The van der Waals surface area contributed by atoms with E-state index in [9.17, 15) is 4.79 Å². The molecule has 1 heterocycles. The van der Waals surface area contributed by atoms with Gasteiger partial charge in [-0.05, 0) is 42.6 Å². The molecule has 3 atom stereocenters. The Morgan fingerprint density at radius 2 is 2.30 bits per heavy atom. The molecule has 0 spiro atoms. The minimum absolute atomic E-state index is 0.179. The Balaban J connectivity index is 1.44. The lowest BCUT2D eigenvalue weighted by atomic mass is 9.86. The number of methoxy groups -OCH3 is 1. The number of nitrogens with zero attached hydrogens (tertiary/aromatic N) is 1. The van der Waals surface area contributed by atoms with E-state index in [1.54, 1.807) is 13.3 Å². The SMILES string of the molecule is COc1ccc(CNC(=O)CC2CC3CCC2C3)cn1. The maximum absolute atomic E-state index is 12.0. The average Bonchev–Trinajstić information content (AvgIpc) is 3.08. The number of carbonyl (C=O) groups is 1. The first-order valence-electron chi connectivity index (χ1n) is 7.50. The van der Waals surface area contributed by atoms with E-state index in [1.807, 2.05) is 12.1 Å². The lowest BCUT2D eigenvalue weighted by molar-refractivity contribution is -0.122. The summed E-state index contributed by atoms with van der Waals surface area (Å²) >= 11 is 0. The van der Waals surface area contributed by atoms with Crippen molar-refractivity contribution in [2.24, 2.45) is 17.8 Å². The van der Waals surface area contributed by atoms with Crippen LogP contribution in [0, 0.1) is 17.8 Å². The fourth-order valence-electron chi connectivity index (χ4n) is 3.77. The van der Waals surface area contributed by atoms with E-state index >= 15 is 0 Å². The molecule has 1 aromatic heterocycles. The zero-order valence-corrected chi connectivity index (χ0v) is 12.0. The highest BCUT2D eigenvalue weighted by Crippen LogP contribution is 2.49. The Morgan fingerprint density at radius 1 is 1.40 bits per heavy atom. The van der Waals surface area contributed by atoms with Gasteiger partial charge >= 0.3 is 0 Å². The first kappa shape index (κ1) is 13.4. The van der Waals surface area contributed by atoms with Crippen LogP contribution in [0.15, 0.2) is 18.3 Å². The maximum atomic E-state index is 12.0. The number of rotatable bonds is 5. The molecule has 2 bridgehead atoms. The molecule has 108 valence electrons. The zero-order valence-electron chi connectivity index (χ0n) is 12.0. The lowest BCUT2D eigenvalue weighted by Crippen LogP contribution is -2.26. The number of fused-ring (bicyclic) bond motifs is 2. The zero-order chi connectivity index (χ0) is 13.9. The van der Waals surface area contributed by atoms with Gasteiger partial charge in [-0.15, -0.1) is 0 Å². The fraction of sp³-hybridized carbons (Fsp3) is 0.625. The number of pyridine rings is 1. The summed E-state index contributed by atoms with van der Waals surface area (Å²) in [5.41, 5.74) is 1.01. The summed E-state index contributed by atoms with van der Waals surface area (Å²) in [4.78, 5) is 16.2. The predicted molar refractivity (Wildman–Crippen MR) is 76.2 cm³/mol. The number of nitrogens with one attached hydrogen (secondary N) is 1.